The van der Waals surface area contributed by atoms with Crippen molar-refractivity contribution < 1.29 is 19.4 Å². The molecule has 2 aromatic carbocycles. The van der Waals surface area contributed by atoms with Gasteiger partial charge in [-0.3, -0.25) is 9.78 Å². The number of methoxy groups -OCH3 is 1. The van der Waals surface area contributed by atoms with Crippen LogP contribution in [0.2, 0.25) is 5.02 Å². The molecule has 7 nitrogen and oxygen atoms in total. The number of fused-ring (bicyclic) bond motifs is 1. The molecule has 2 amide bonds. The second kappa shape index (κ2) is 13.2. The molecule has 4 aromatic rings. The van der Waals surface area contributed by atoms with Gasteiger partial charge >= 0.3 is 6.09 Å². The maximum Gasteiger partial charge on any atom is 0.404 e. The molecule has 2 N–H and O–H groups in total. The Hall–Kier alpha value is -3.62. The quantitative estimate of drug-likeness (QED) is 0.202. The molecule has 0 aliphatic heterocycles. The van der Waals surface area contributed by atoms with Gasteiger partial charge in [0.05, 0.1) is 12.1 Å². The van der Waals surface area contributed by atoms with Crippen LogP contribution in [0.25, 0.3) is 21.2 Å². The second-order valence-corrected chi connectivity index (χ2v) is 14.2. The van der Waals surface area contributed by atoms with Crippen molar-refractivity contribution in [3.05, 3.63) is 82.0 Å². The molecule has 1 saturated carbocycles. The van der Waals surface area contributed by atoms with E-state index in [-0.39, 0.29) is 29.3 Å². The van der Waals surface area contributed by atoms with E-state index in [1.165, 1.54) is 11.3 Å². The molecule has 0 radical (unpaired) electrons. The van der Waals surface area contributed by atoms with Crippen LogP contribution in [0.15, 0.2) is 60.8 Å². The van der Waals surface area contributed by atoms with E-state index in [4.69, 9.17) is 16.3 Å². The number of amides is 2. The van der Waals surface area contributed by atoms with Gasteiger partial charge in [-0.2, -0.15) is 0 Å². The fourth-order valence-corrected chi connectivity index (χ4v) is 7.94. The van der Waals surface area contributed by atoms with Crippen molar-refractivity contribution in [2.75, 3.05) is 7.11 Å². The van der Waals surface area contributed by atoms with Crippen molar-refractivity contribution in [1.82, 2.24) is 15.2 Å². The maximum absolute atomic E-state index is 14.5. The average Bonchev–Trinajstić information content (AvgIpc) is 3.34. The second-order valence-electron chi connectivity index (χ2n) is 12.8. The Morgan fingerprint density at radius 3 is 2.41 bits per heavy atom. The molecule has 1 aliphatic carbocycles. The summed E-state index contributed by atoms with van der Waals surface area (Å²) in [6.45, 7) is 8.53. The first-order valence-corrected chi connectivity index (χ1v) is 16.2. The van der Waals surface area contributed by atoms with Crippen LogP contribution < -0.4 is 10.1 Å². The Morgan fingerprint density at radius 1 is 1.09 bits per heavy atom. The van der Waals surface area contributed by atoms with E-state index in [9.17, 15) is 14.7 Å². The minimum atomic E-state index is -1.00. The number of benzene rings is 2. The summed E-state index contributed by atoms with van der Waals surface area (Å²) in [6, 6.07) is 17.7. The van der Waals surface area contributed by atoms with Crippen LogP contribution >= 0.6 is 22.9 Å². The molecule has 2 aromatic heterocycles. The van der Waals surface area contributed by atoms with Crippen molar-refractivity contribution in [3.8, 4) is 16.9 Å². The number of carbonyl (C=O) groups is 2. The number of halogens is 1. The largest absolute Gasteiger partial charge is 0.496 e. The van der Waals surface area contributed by atoms with Crippen molar-refractivity contribution >= 4 is 45.0 Å². The van der Waals surface area contributed by atoms with Gasteiger partial charge in [0.1, 0.15) is 10.6 Å². The average molecular weight is 634 g/mol. The van der Waals surface area contributed by atoms with Crippen LogP contribution in [-0.4, -0.2) is 46.2 Å². The summed E-state index contributed by atoms with van der Waals surface area (Å²) in [4.78, 5) is 33.1. The monoisotopic (exact) mass is 633 g/mol. The number of thiophene rings is 1. The fraction of sp³-hybridized carbons (Fsp3) is 0.400. The molecule has 1 atom stereocenters. The molecule has 0 spiro atoms. The number of nitrogens with zero attached hydrogens (tertiary/aromatic N) is 2. The van der Waals surface area contributed by atoms with Gasteiger partial charge in [-0.05, 0) is 73.8 Å². The maximum atomic E-state index is 14.5. The third-order valence-corrected chi connectivity index (χ3v) is 10.4. The molecule has 9 heteroatoms. The molecular weight excluding hydrogens is 594 g/mol. The number of aromatic nitrogens is 1. The van der Waals surface area contributed by atoms with Gasteiger partial charge in [0.25, 0.3) is 5.91 Å². The molecule has 1 aliphatic rings. The summed E-state index contributed by atoms with van der Waals surface area (Å²) >= 11 is 8.27. The molecule has 1 unspecified atom stereocenters. The van der Waals surface area contributed by atoms with E-state index in [1.54, 1.807) is 7.11 Å². The lowest BCUT2D eigenvalue weighted by Crippen LogP contribution is -2.50. The van der Waals surface area contributed by atoms with Crippen molar-refractivity contribution in [1.29, 1.82) is 0 Å². The minimum absolute atomic E-state index is 0.0418. The number of carbonyl (C=O) groups excluding carboxylic acids is 1. The van der Waals surface area contributed by atoms with Crippen LogP contribution in [0.4, 0.5) is 4.79 Å². The molecule has 2 heterocycles. The first kappa shape index (κ1) is 31.8. The molecule has 0 saturated heterocycles. The van der Waals surface area contributed by atoms with E-state index in [0.717, 1.165) is 58.2 Å². The van der Waals surface area contributed by atoms with Crippen LogP contribution in [-0.2, 0) is 6.54 Å². The summed E-state index contributed by atoms with van der Waals surface area (Å²) in [5, 5.41) is 13.7. The number of rotatable bonds is 8. The van der Waals surface area contributed by atoms with Crippen LogP contribution in [0.1, 0.15) is 67.4 Å². The predicted molar refractivity (Wildman–Crippen MR) is 178 cm³/mol. The highest BCUT2D eigenvalue weighted by atomic mass is 35.5. The molecule has 1 fully saturated rings. The summed E-state index contributed by atoms with van der Waals surface area (Å²) in [7, 11) is 1.65. The number of aryl methyl sites for hydroxylation is 1. The normalized spacial score (nSPS) is 17.7. The Balaban J connectivity index is 1.49. The third kappa shape index (κ3) is 6.87. The highest BCUT2D eigenvalue weighted by Crippen LogP contribution is 2.40. The standard InChI is InChI=1S/C35H40ClN3O4S/c1-21-10-11-24(19-37-21)23-14-17-28(43-5)25(18-23)20-39(33(40)31-30(36)27-8-6-7-9-29(27)44-31)26-15-12-22(13-16-26)32(35(2,3)4)38-34(41)42/h6-11,14,17-19,22,26,32,38H,12-13,15-16,20H2,1-5H3,(H,41,42). The minimum Gasteiger partial charge on any atom is -0.496 e. The molecule has 5 rings (SSSR count). The Bertz CT molecular complexity index is 1640. The predicted octanol–water partition coefficient (Wildman–Crippen LogP) is 8.82. The summed E-state index contributed by atoms with van der Waals surface area (Å²) < 4.78 is 6.76. The number of hydrogen-bond donors (Lipinski definition) is 2. The lowest BCUT2D eigenvalue weighted by atomic mass is 9.72. The van der Waals surface area contributed by atoms with E-state index in [0.29, 0.717) is 22.2 Å². The van der Waals surface area contributed by atoms with Gasteiger partial charge in [0.15, 0.2) is 0 Å². The molecule has 0 bridgehead atoms. The first-order valence-electron chi connectivity index (χ1n) is 15.0. The van der Waals surface area contributed by atoms with Crippen LogP contribution in [0, 0.1) is 18.3 Å². The number of ether oxygens (including phenoxy) is 1. The van der Waals surface area contributed by atoms with Crippen LogP contribution in [0.5, 0.6) is 5.75 Å². The van der Waals surface area contributed by atoms with E-state index in [2.05, 4.69) is 37.1 Å². The third-order valence-electron chi connectivity index (χ3n) is 8.72. The Labute approximate surface area is 268 Å². The lowest BCUT2D eigenvalue weighted by Gasteiger charge is -2.43. The lowest BCUT2D eigenvalue weighted by molar-refractivity contribution is 0.0543. The zero-order valence-corrected chi connectivity index (χ0v) is 27.5. The van der Waals surface area contributed by atoms with Gasteiger partial charge in [0.2, 0.25) is 0 Å². The van der Waals surface area contributed by atoms with E-state index < -0.39 is 6.09 Å². The first-order chi connectivity index (χ1) is 21.0. The Morgan fingerprint density at radius 2 is 1.80 bits per heavy atom. The van der Waals surface area contributed by atoms with Crippen molar-refractivity contribution in [3.63, 3.8) is 0 Å². The van der Waals surface area contributed by atoms with Gasteiger partial charge in [-0.1, -0.05) is 62.7 Å². The molecule has 232 valence electrons. The fourth-order valence-electron chi connectivity index (χ4n) is 6.47. The highest BCUT2D eigenvalue weighted by molar-refractivity contribution is 7.21. The van der Waals surface area contributed by atoms with Crippen molar-refractivity contribution in [2.24, 2.45) is 11.3 Å². The number of nitrogens with one attached hydrogen (secondary N) is 1. The zero-order valence-electron chi connectivity index (χ0n) is 25.9. The zero-order chi connectivity index (χ0) is 31.6. The highest BCUT2D eigenvalue weighted by Gasteiger charge is 2.38. The number of hydrogen-bond acceptors (Lipinski definition) is 5. The summed E-state index contributed by atoms with van der Waals surface area (Å²) in [5.41, 5.74) is 3.61. The molecular formula is C35H40ClN3O4S. The van der Waals surface area contributed by atoms with E-state index >= 15 is 0 Å². The smallest absolute Gasteiger partial charge is 0.404 e. The molecule has 44 heavy (non-hydrogen) atoms. The Kier molecular flexibility index (Phi) is 9.51. The van der Waals surface area contributed by atoms with Crippen molar-refractivity contribution in [2.45, 2.75) is 72.0 Å². The SMILES string of the molecule is COc1ccc(-c2ccc(C)nc2)cc1CN(C(=O)c1sc2ccccc2c1Cl)C1CCC(C(NC(=O)O)C(C)(C)C)CC1. The number of pyridine rings is 1. The van der Waals surface area contributed by atoms with Crippen LogP contribution in [0.3, 0.4) is 0 Å². The summed E-state index contributed by atoms with van der Waals surface area (Å²) in [6.07, 6.45) is 4.00. The number of carboxylic acid groups (broad SMARTS) is 1. The van der Waals surface area contributed by atoms with Gasteiger partial charge < -0.3 is 20.1 Å². The topological polar surface area (TPSA) is 91.8 Å². The van der Waals surface area contributed by atoms with Gasteiger partial charge in [-0.15, -0.1) is 11.3 Å². The van der Waals surface area contributed by atoms with Gasteiger partial charge in [0, 0.05) is 51.7 Å². The van der Waals surface area contributed by atoms with Gasteiger partial charge in [-0.25, -0.2) is 4.79 Å². The van der Waals surface area contributed by atoms with E-state index in [1.807, 2.05) is 66.6 Å². The summed E-state index contributed by atoms with van der Waals surface area (Å²) in [5.74, 6) is 0.792.